The lowest BCUT2D eigenvalue weighted by molar-refractivity contribution is -0.120. The fraction of sp³-hybridized carbons (Fsp3) is 0.316. The summed E-state index contributed by atoms with van der Waals surface area (Å²) in [4.78, 5) is 20.8. The van der Waals surface area contributed by atoms with Gasteiger partial charge in [0.05, 0.1) is 0 Å². The third-order valence-corrected chi connectivity index (χ3v) is 4.28. The lowest BCUT2D eigenvalue weighted by atomic mass is 9.91. The summed E-state index contributed by atoms with van der Waals surface area (Å²) < 4.78 is 0. The summed E-state index contributed by atoms with van der Waals surface area (Å²) in [6.07, 6.45) is 2.36. The lowest BCUT2D eigenvalue weighted by Crippen LogP contribution is -2.26. The number of allylic oxidation sites excluding steroid dienone is 1. The summed E-state index contributed by atoms with van der Waals surface area (Å²) in [6.45, 7) is 9.82. The van der Waals surface area contributed by atoms with Gasteiger partial charge in [0, 0.05) is 28.5 Å². The molecule has 0 saturated carbocycles. The van der Waals surface area contributed by atoms with Crippen LogP contribution >= 0.6 is 11.6 Å². The van der Waals surface area contributed by atoms with Gasteiger partial charge in [-0.25, -0.2) is 9.97 Å². The lowest BCUT2D eigenvalue weighted by Gasteiger charge is -2.21. The molecule has 0 saturated heterocycles. The number of halogens is 1. The van der Waals surface area contributed by atoms with Crippen LogP contribution in [0.2, 0.25) is 5.02 Å². The van der Waals surface area contributed by atoms with E-state index in [1.807, 2.05) is 20.8 Å². The second-order valence-electron chi connectivity index (χ2n) is 6.18. The molecule has 132 valence electrons. The van der Waals surface area contributed by atoms with Gasteiger partial charge in [0.25, 0.3) is 0 Å². The first-order valence-electron chi connectivity index (χ1n) is 8.16. The summed E-state index contributed by atoms with van der Waals surface area (Å²) in [5.74, 6) is 1.33. The Morgan fingerprint density at radius 1 is 1.20 bits per heavy atom. The van der Waals surface area contributed by atoms with Crippen molar-refractivity contribution in [2.45, 2.75) is 27.2 Å². The molecular weight excluding hydrogens is 336 g/mol. The third-order valence-electron chi connectivity index (χ3n) is 4.03. The van der Waals surface area contributed by atoms with E-state index >= 15 is 0 Å². The second-order valence-corrected chi connectivity index (χ2v) is 6.62. The number of carbonyl (C=O) groups excluding carboxylic acids is 1. The molecular formula is C19H23ClN4O. The molecule has 6 heteroatoms. The van der Waals surface area contributed by atoms with Gasteiger partial charge in [0.2, 0.25) is 5.91 Å². The molecule has 0 spiro atoms. The molecule has 2 aromatic rings. The zero-order valence-corrected chi connectivity index (χ0v) is 15.5. The number of hydrogen-bond acceptors (Lipinski definition) is 4. The van der Waals surface area contributed by atoms with Crippen molar-refractivity contribution in [3.05, 3.63) is 59.7 Å². The summed E-state index contributed by atoms with van der Waals surface area (Å²) in [5, 5.41) is 6.72. The van der Waals surface area contributed by atoms with Crippen molar-refractivity contribution in [1.82, 2.24) is 9.97 Å². The fourth-order valence-electron chi connectivity index (χ4n) is 2.37. The molecule has 5 nitrogen and oxygen atoms in total. The zero-order chi connectivity index (χ0) is 18.4. The predicted octanol–water partition coefficient (Wildman–Crippen LogP) is 4.67. The predicted molar refractivity (Wildman–Crippen MR) is 103 cm³/mol. The smallest absolute Gasteiger partial charge is 0.227 e. The Labute approximate surface area is 153 Å². The monoisotopic (exact) mass is 358 g/mol. The van der Waals surface area contributed by atoms with Crippen LogP contribution in [0.4, 0.5) is 11.5 Å². The van der Waals surface area contributed by atoms with Crippen molar-refractivity contribution in [1.29, 1.82) is 0 Å². The maximum atomic E-state index is 12.4. The van der Waals surface area contributed by atoms with Gasteiger partial charge < -0.3 is 10.6 Å². The Balaban J connectivity index is 1.88. The van der Waals surface area contributed by atoms with E-state index in [0.717, 1.165) is 11.4 Å². The standard InChI is InChI=1S/C19H23ClN4O/c1-12(11-13(2)22-18-9-10-21-15(4)23-18)14(3)19(25)24-17-7-5-16(20)6-8-17/h5-10,12,14H,2,11H2,1,3-4H3,(H,24,25)(H,21,22,23)/t12?,14-/m1/s1. The minimum absolute atomic E-state index is 0.0273. The van der Waals surface area contributed by atoms with Crippen molar-refractivity contribution in [3.63, 3.8) is 0 Å². The molecule has 0 fully saturated rings. The van der Waals surface area contributed by atoms with Crippen LogP contribution in [0.15, 0.2) is 48.8 Å². The molecule has 0 aliphatic carbocycles. The van der Waals surface area contributed by atoms with Crippen molar-refractivity contribution < 1.29 is 4.79 Å². The van der Waals surface area contributed by atoms with Crippen molar-refractivity contribution in [2.75, 3.05) is 10.6 Å². The highest BCUT2D eigenvalue weighted by atomic mass is 35.5. The van der Waals surface area contributed by atoms with E-state index in [1.54, 1.807) is 36.5 Å². The van der Waals surface area contributed by atoms with Gasteiger partial charge in [0.15, 0.2) is 0 Å². The molecule has 2 atom stereocenters. The van der Waals surface area contributed by atoms with E-state index in [4.69, 9.17) is 11.6 Å². The van der Waals surface area contributed by atoms with Crippen molar-refractivity contribution in [3.8, 4) is 0 Å². The molecule has 0 aliphatic rings. The van der Waals surface area contributed by atoms with E-state index < -0.39 is 0 Å². The number of anilines is 2. The van der Waals surface area contributed by atoms with E-state index in [2.05, 4.69) is 27.2 Å². The van der Waals surface area contributed by atoms with Crippen molar-refractivity contribution in [2.24, 2.45) is 11.8 Å². The van der Waals surface area contributed by atoms with Crippen LogP contribution in [0.25, 0.3) is 0 Å². The molecule has 2 rings (SSSR count). The number of aryl methyl sites for hydroxylation is 1. The third kappa shape index (κ3) is 5.87. The van der Waals surface area contributed by atoms with E-state index in [1.165, 1.54) is 0 Å². The van der Waals surface area contributed by atoms with Gasteiger partial charge in [-0.2, -0.15) is 0 Å². The number of nitrogens with one attached hydrogen (secondary N) is 2. The number of carbonyl (C=O) groups is 1. The molecule has 2 N–H and O–H groups in total. The summed E-state index contributed by atoms with van der Waals surface area (Å²) in [5.41, 5.74) is 1.55. The first-order chi connectivity index (χ1) is 11.8. The Morgan fingerprint density at radius 2 is 1.88 bits per heavy atom. The second kappa shape index (κ2) is 8.62. The maximum absolute atomic E-state index is 12.4. The van der Waals surface area contributed by atoms with Gasteiger partial charge in [-0.3, -0.25) is 4.79 Å². The van der Waals surface area contributed by atoms with Crippen LogP contribution in [-0.2, 0) is 4.79 Å². The Hall–Kier alpha value is -2.40. The largest absolute Gasteiger partial charge is 0.344 e. The molecule has 1 unspecified atom stereocenters. The number of hydrogen-bond donors (Lipinski definition) is 2. The van der Waals surface area contributed by atoms with Gasteiger partial charge in [-0.05, 0) is 49.6 Å². The molecule has 0 radical (unpaired) electrons. The number of amides is 1. The molecule has 1 amide bonds. The van der Waals surface area contributed by atoms with Crippen LogP contribution < -0.4 is 10.6 Å². The average Bonchev–Trinajstić information content (AvgIpc) is 2.56. The van der Waals surface area contributed by atoms with E-state index in [9.17, 15) is 4.79 Å². The number of nitrogens with zero attached hydrogens (tertiary/aromatic N) is 2. The van der Waals surface area contributed by atoms with Crippen LogP contribution in [0.3, 0.4) is 0 Å². The average molecular weight is 359 g/mol. The summed E-state index contributed by atoms with van der Waals surface area (Å²) >= 11 is 5.86. The molecule has 1 heterocycles. The number of benzene rings is 1. The van der Waals surface area contributed by atoms with Gasteiger partial charge >= 0.3 is 0 Å². The topological polar surface area (TPSA) is 66.9 Å². The van der Waals surface area contributed by atoms with Crippen LogP contribution in [-0.4, -0.2) is 15.9 Å². The fourth-order valence-corrected chi connectivity index (χ4v) is 2.50. The van der Waals surface area contributed by atoms with Crippen molar-refractivity contribution >= 4 is 29.0 Å². The number of aromatic nitrogens is 2. The Kier molecular flexibility index (Phi) is 6.53. The van der Waals surface area contributed by atoms with Gasteiger partial charge in [-0.1, -0.05) is 32.0 Å². The van der Waals surface area contributed by atoms with Crippen LogP contribution in [0.1, 0.15) is 26.1 Å². The van der Waals surface area contributed by atoms with Crippen LogP contribution in [0.5, 0.6) is 0 Å². The van der Waals surface area contributed by atoms with E-state index in [-0.39, 0.29) is 17.7 Å². The molecule has 25 heavy (non-hydrogen) atoms. The normalized spacial score (nSPS) is 13.0. The summed E-state index contributed by atoms with van der Waals surface area (Å²) in [6, 6.07) is 8.87. The minimum Gasteiger partial charge on any atom is -0.344 e. The first kappa shape index (κ1) is 18.9. The quantitative estimate of drug-likeness (QED) is 0.755. The molecule has 1 aromatic heterocycles. The molecule has 0 aliphatic heterocycles. The van der Waals surface area contributed by atoms with Crippen LogP contribution in [0, 0.1) is 18.8 Å². The molecule has 0 bridgehead atoms. The van der Waals surface area contributed by atoms with E-state index in [0.29, 0.717) is 23.1 Å². The first-order valence-corrected chi connectivity index (χ1v) is 8.54. The Bertz CT molecular complexity index is 745. The SMILES string of the molecule is C=C(CC(C)[C@@H](C)C(=O)Nc1ccc(Cl)cc1)Nc1ccnc(C)n1. The van der Waals surface area contributed by atoms with Gasteiger partial charge in [0.1, 0.15) is 11.6 Å². The number of rotatable bonds is 7. The zero-order valence-electron chi connectivity index (χ0n) is 14.7. The Morgan fingerprint density at radius 3 is 2.52 bits per heavy atom. The highest BCUT2D eigenvalue weighted by Gasteiger charge is 2.21. The highest BCUT2D eigenvalue weighted by molar-refractivity contribution is 6.30. The maximum Gasteiger partial charge on any atom is 0.227 e. The summed E-state index contributed by atoms with van der Waals surface area (Å²) in [7, 11) is 0. The minimum atomic E-state index is -0.165. The molecule has 1 aromatic carbocycles. The van der Waals surface area contributed by atoms with Gasteiger partial charge in [-0.15, -0.1) is 0 Å². The highest BCUT2D eigenvalue weighted by Crippen LogP contribution is 2.22.